The summed E-state index contributed by atoms with van der Waals surface area (Å²) in [5, 5.41) is 2.64. The van der Waals surface area contributed by atoms with Crippen LogP contribution in [0, 0.1) is 0 Å². The fourth-order valence-electron chi connectivity index (χ4n) is 3.67. The molecule has 3 N–H and O–H groups in total. The number of amides is 3. The summed E-state index contributed by atoms with van der Waals surface area (Å²) in [6.07, 6.45) is 0.692. The van der Waals surface area contributed by atoms with E-state index < -0.39 is 29.7 Å². The number of hydrogen-bond acceptors (Lipinski definition) is 5. The number of likely N-dealkylation sites (tertiary alicyclic amines) is 1. The third-order valence-corrected chi connectivity index (χ3v) is 5.28. The zero-order valence-electron chi connectivity index (χ0n) is 17.2. The molecule has 1 aliphatic heterocycles. The number of benzene rings is 2. The highest BCUT2D eigenvalue weighted by Gasteiger charge is 2.38. The Morgan fingerprint density at radius 3 is 2.52 bits per heavy atom. The van der Waals surface area contributed by atoms with Gasteiger partial charge in [0.25, 0.3) is 5.91 Å². The Morgan fingerprint density at radius 1 is 1.13 bits per heavy atom. The topological polar surface area (TPSA) is 119 Å². The Hall–Kier alpha value is -3.68. The molecule has 2 atom stereocenters. The summed E-state index contributed by atoms with van der Waals surface area (Å²) in [7, 11) is 1.55. The molecular weight excluding hydrogens is 398 g/mol. The number of ketones is 1. The summed E-state index contributed by atoms with van der Waals surface area (Å²) in [6.45, 7) is 0.237. The van der Waals surface area contributed by atoms with Gasteiger partial charge in [0.2, 0.25) is 17.6 Å². The highest BCUT2D eigenvalue weighted by atomic mass is 16.5. The van der Waals surface area contributed by atoms with Gasteiger partial charge in [-0.3, -0.25) is 19.2 Å². The molecule has 8 heteroatoms. The van der Waals surface area contributed by atoms with Crippen LogP contribution in [0.25, 0.3) is 0 Å². The average molecular weight is 423 g/mol. The van der Waals surface area contributed by atoms with Crippen molar-refractivity contribution < 1.29 is 23.9 Å². The first-order valence-corrected chi connectivity index (χ1v) is 9.99. The monoisotopic (exact) mass is 423 g/mol. The average Bonchev–Trinajstić information content (AvgIpc) is 3.13. The summed E-state index contributed by atoms with van der Waals surface area (Å²) in [5.41, 5.74) is 6.78. The van der Waals surface area contributed by atoms with Crippen LogP contribution in [-0.2, 0) is 32.1 Å². The van der Waals surface area contributed by atoms with Crippen molar-refractivity contribution in [3.8, 4) is 5.75 Å². The molecule has 8 nitrogen and oxygen atoms in total. The first kappa shape index (κ1) is 22.0. The lowest BCUT2D eigenvalue weighted by Crippen LogP contribution is -2.53. The lowest BCUT2D eigenvalue weighted by Gasteiger charge is -2.26. The fourth-order valence-corrected chi connectivity index (χ4v) is 3.67. The van der Waals surface area contributed by atoms with Crippen LogP contribution in [0.1, 0.15) is 24.0 Å². The van der Waals surface area contributed by atoms with E-state index >= 15 is 0 Å². The molecule has 2 unspecified atom stereocenters. The summed E-state index contributed by atoms with van der Waals surface area (Å²) in [4.78, 5) is 50.8. The predicted molar refractivity (Wildman–Crippen MR) is 113 cm³/mol. The number of methoxy groups -OCH3 is 1. The number of nitrogens with two attached hydrogens (primary N) is 1. The number of primary amides is 1. The lowest BCUT2D eigenvalue weighted by atomic mass is 10.0. The third kappa shape index (κ3) is 5.48. The second kappa shape index (κ2) is 9.88. The molecule has 3 amide bonds. The smallest absolute Gasteiger partial charge is 0.287 e. The third-order valence-electron chi connectivity index (χ3n) is 5.28. The van der Waals surface area contributed by atoms with Crippen LogP contribution in [0.3, 0.4) is 0 Å². The highest BCUT2D eigenvalue weighted by Crippen LogP contribution is 2.23. The van der Waals surface area contributed by atoms with Gasteiger partial charge in [-0.1, -0.05) is 42.5 Å². The maximum Gasteiger partial charge on any atom is 0.287 e. The van der Waals surface area contributed by atoms with Gasteiger partial charge < -0.3 is 20.7 Å². The van der Waals surface area contributed by atoms with Crippen LogP contribution in [0.4, 0.5) is 0 Å². The molecule has 0 spiro atoms. The maximum atomic E-state index is 13.0. The van der Waals surface area contributed by atoms with Gasteiger partial charge in [0.1, 0.15) is 17.8 Å². The van der Waals surface area contributed by atoms with E-state index in [1.807, 2.05) is 18.2 Å². The number of hydrogen-bond donors (Lipinski definition) is 2. The quantitative estimate of drug-likeness (QED) is 0.583. The van der Waals surface area contributed by atoms with Crippen LogP contribution >= 0.6 is 0 Å². The van der Waals surface area contributed by atoms with Gasteiger partial charge >= 0.3 is 0 Å². The Labute approximate surface area is 180 Å². The minimum Gasteiger partial charge on any atom is -0.497 e. The van der Waals surface area contributed by atoms with Crippen LogP contribution in [0.2, 0.25) is 0 Å². The molecule has 3 rings (SSSR count). The number of carbonyl (C=O) groups is 4. The minimum absolute atomic E-state index is 0.130. The predicted octanol–water partition coefficient (Wildman–Crippen LogP) is 0.968. The molecule has 0 aromatic heterocycles. The van der Waals surface area contributed by atoms with Crippen molar-refractivity contribution in [3.63, 3.8) is 0 Å². The number of ether oxygens (including phenoxy) is 1. The number of Topliss-reactive ketones (excluding diaryl/α,β-unsaturated/α-hetero) is 1. The van der Waals surface area contributed by atoms with Crippen molar-refractivity contribution in [2.45, 2.75) is 37.9 Å². The van der Waals surface area contributed by atoms with Crippen LogP contribution in [0.15, 0.2) is 54.6 Å². The second-order valence-corrected chi connectivity index (χ2v) is 7.41. The Balaban J connectivity index is 1.75. The van der Waals surface area contributed by atoms with E-state index in [1.54, 1.807) is 43.5 Å². The van der Waals surface area contributed by atoms with Crippen molar-refractivity contribution in [2.24, 2.45) is 5.73 Å². The SMILES string of the molecule is COc1cccc(CN2C(=O)CCC2C(=O)NC(Cc2ccccc2)C(=O)C(N)=O)c1. The molecule has 0 radical (unpaired) electrons. The zero-order valence-corrected chi connectivity index (χ0v) is 17.2. The molecule has 0 bridgehead atoms. The van der Waals surface area contributed by atoms with Crippen molar-refractivity contribution >= 4 is 23.5 Å². The molecule has 1 saturated heterocycles. The summed E-state index contributed by atoms with van der Waals surface area (Å²) in [6, 6.07) is 14.4. The van der Waals surface area contributed by atoms with Crippen LogP contribution in [0.5, 0.6) is 5.75 Å². The van der Waals surface area contributed by atoms with Gasteiger partial charge in [-0.15, -0.1) is 0 Å². The summed E-state index contributed by atoms with van der Waals surface area (Å²) in [5.74, 6) is -1.97. The van der Waals surface area contributed by atoms with E-state index in [9.17, 15) is 19.2 Å². The van der Waals surface area contributed by atoms with Gasteiger partial charge in [-0.05, 0) is 29.7 Å². The van der Waals surface area contributed by atoms with Crippen LogP contribution in [-0.4, -0.2) is 47.6 Å². The number of nitrogens with zero attached hydrogens (tertiary/aromatic N) is 1. The number of rotatable bonds is 9. The number of nitrogens with one attached hydrogen (secondary N) is 1. The van der Waals surface area contributed by atoms with E-state index in [0.29, 0.717) is 12.2 Å². The van der Waals surface area contributed by atoms with Crippen molar-refractivity contribution in [3.05, 3.63) is 65.7 Å². The van der Waals surface area contributed by atoms with E-state index in [2.05, 4.69) is 5.32 Å². The molecule has 2 aromatic carbocycles. The van der Waals surface area contributed by atoms with E-state index in [-0.39, 0.29) is 25.3 Å². The van der Waals surface area contributed by atoms with E-state index in [4.69, 9.17) is 10.5 Å². The summed E-state index contributed by atoms with van der Waals surface area (Å²) < 4.78 is 5.21. The van der Waals surface area contributed by atoms with Crippen LogP contribution < -0.4 is 15.8 Å². The first-order valence-electron chi connectivity index (χ1n) is 9.99. The normalized spacial score (nSPS) is 16.6. The Bertz CT molecular complexity index is 976. The summed E-state index contributed by atoms with van der Waals surface area (Å²) >= 11 is 0. The largest absolute Gasteiger partial charge is 0.497 e. The van der Waals surface area contributed by atoms with Gasteiger partial charge in [-0.25, -0.2) is 0 Å². The van der Waals surface area contributed by atoms with Gasteiger partial charge in [-0.2, -0.15) is 0 Å². The maximum absolute atomic E-state index is 13.0. The first-order chi connectivity index (χ1) is 14.9. The standard InChI is InChI=1S/C23H25N3O5/c1-31-17-9-5-8-16(12-17)14-26-19(10-11-20(26)27)23(30)25-18(21(28)22(24)29)13-15-6-3-2-4-7-15/h2-9,12,18-19H,10-11,13-14H2,1H3,(H2,24,29)(H,25,30). The van der Waals surface area contributed by atoms with Gasteiger partial charge in [0, 0.05) is 19.4 Å². The molecule has 0 aliphatic carbocycles. The molecule has 1 aliphatic rings. The zero-order chi connectivity index (χ0) is 22.4. The Kier molecular flexibility index (Phi) is 7.02. The van der Waals surface area contributed by atoms with Crippen molar-refractivity contribution in [2.75, 3.05) is 7.11 Å². The van der Waals surface area contributed by atoms with Gasteiger partial charge in [0.05, 0.1) is 7.11 Å². The number of carbonyl (C=O) groups excluding carboxylic acids is 4. The minimum atomic E-state index is -1.11. The van der Waals surface area contributed by atoms with Gasteiger partial charge in [0.15, 0.2) is 0 Å². The van der Waals surface area contributed by atoms with E-state index in [0.717, 1.165) is 11.1 Å². The molecule has 1 heterocycles. The second-order valence-electron chi connectivity index (χ2n) is 7.41. The molecule has 162 valence electrons. The molecular formula is C23H25N3O5. The molecule has 2 aromatic rings. The molecule has 31 heavy (non-hydrogen) atoms. The highest BCUT2D eigenvalue weighted by molar-refractivity contribution is 6.37. The van der Waals surface area contributed by atoms with Crippen molar-refractivity contribution in [1.82, 2.24) is 10.2 Å². The Morgan fingerprint density at radius 2 is 1.84 bits per heavy atom. The fraction of sp³-hybridized carbons (Fsp3) is 0.304. The molecule has 0 saturated carbocycles. The lowest BCUT2D eigenvalue weighted by molar-refractivity contribution is -0.140. The van der Waals surface area contributed by atoms with Crippen molar-refractivity contribution in [1.29, 1.82) is 0 Å². The molecule has 1 fully saturated rings. The van der Waals surface area contributed by atoms with E-state index in [1.165, 1.54) is 4.90 Å².